The van der Waals surface area contributed by atoms with Crippen molar-refractivity contribution in [2.24, 2.45) is 0 Å². The minimum atomic E-state index is -1.75. The molecule has 0 fully saturated rings. The van der Waals surface area contributed by atoms with E-state index in [9.17, 15) is 0 Å². The Morgan fingerprint density at radius 2 is 1.00 bits per heavy atom. The van der Waals surface area contributed by atoms with Crippen molar-refractivity contribution >= 4 is 46.4 Å². The Labute approximate surface area is 79.8 Å². The number of hydrogen-bond acceptors (Lipinski definition) is 0. The first-order valence-corrected chi connectivity index (χ1v) is 3.60. The molecule has 0 aromatic heterocycles. The highest BCUT2D eigenvalue weighted by Crippen LogP contribution is 2.41. The molecule has 0 aliphatic heterocycles. The maximum absolute atomic E-state index is 5.44. The minimum absolute atomic E-state index is 1.75. The van der Waals surface area contributed by atoms with Gasteiger partial charge in [0.15, 0.2) is 0 Å². The first-order valence-electron chi connectivity index (χ1n) is 2.08. The van der Waals surface area contributed by atoms with Crippen LogP contribution in [0.2, 0.25) is 0 Å². The lowest BCUT2D eigenvalue weighted by molar-refractivity contribution is 0.967. The number of alkyl halides is 4. The van der Waals surface area contributed by atoms with Crippen LogP contribution in [0.15, 0.2) is 0 Å². The molecule has 0 radical (unpaired) electrons. The van der Waals surface area contributed by atoms with Crippen molar-refractivity contribution in [1.29, 1.82) is 0 Å². The molecule has 4 heteroatoms. The second-order valence-electron chi connectivity index (χ2n) is 1.44. The quantitative estimate of drug-likeness (QED) is 0.466. The summed E-state index contributed by atoms with van der Waals surface area (Å²) >= 11 is 21.7. The molecular formula is C6H2Cl4. The van der Waals surface area contributed by atoms with Gasteiger partial charge >= 0.3 is 0 Å². The molecule has 54 valence electrons. The molecule has 0 aliphatic rings. The van der Waals surface area contributed by atoms with Gasteiger partial charge in [0.05, 0.1) is 0 Å². The Kier molecular flexibility index (Phi) is 3.21. The molecule has 0 spiro atoms. The highest BCUT2D eigenvalue weighted by Gasteiger charge is 2.44. The average Bonchev–Trinajstić information content (AvgIpc) is 1.88. The smallest absolute Gasteiger partial charge is 0.117 e. The predicted molar refractivity (Wildman–Crippen MR) is 46.5 cm³/mol. The van der Waals surface area contributed by atoms with Crippen LogP contribution in [0.3, 0.4) is 0 Å². The zero-order valence-corrected chi connectivity index (χ0v) is 7.69. The molecule has 0 aromatic carbocycles. The minimum Gasteiger partial charge on any atom is -0.117 e. The van der Waals surface area contributed by atoms with Gasteiger partial charge in [-0.3, -0.25) is 0 Å². The lowest BCUT2D eigenvalue weighted by Gasteiger charge is -2.22. The molecule has 0 saturated heterocycles. The Balaban J connectivity index is 4.71. The van der Waals surface area contributed by atoms with Gasteiger partial charge in [0.2, 0.25) is 8.67 Å². The van der Waals surface area contributed by atoms with E-state index in [1.807, 2.05) is 11.8 Å². The molecule has 0 N–H and O–H groups in total. The maximum Gasteiger partial charge on any atom is 0.221 e. The molecule has 0 rings (SSSR count). The monoisotopic (exact) mass is 214 g/mol. The molecule has 0 amide bonds. The van der Waals surface area contributed by atoms with Crippen LogP contribution < -0.4 is 0 Å². The molecule has 10 heavy (non-hydrogen) atoms. The fourth-order valence-corrected chi connectivity index (χ4v) is 0.399. The fourth-order valence-electron chi connectivity index (χ4n) is 0.181. The van der Waals surface area contributed by atoms with Crippen molar-refractivity contribution in [3.8, 4) is 24.7 Å². The van der Waals surface area contributed by atoms with E-state index >= 15 is 0 Å². The highest BCUT2D eigenvalue weighted by molar-refractivity contribution is 6.65. The van der Waals surface area contributed by atoms with Gasteiger partial charge in [-0.05, 0) is 0 Å². The van der Waals surface area contributed by atoms with Crippen molar-refractivity contribution < 1.29 is 0 Å². The average molecular weight is 216 g/mol. The molecule has 0 heterocycles. The summed E-state index contributed by atoms with van der Waals surface area (Å²) in [5.74, 6) is 3.91. The second kappa shape index (κ2) is 3.12. The molecule has 0 unspecified atom stereocenters. The third-order valence-electron chi connectivity index (χ3n) is 0.757. The summed E-state index contributed by atoms with van der Waals surface area (Å²) in [4.78, 5) is 0. The van der Waals surface area contributed by atoms with Crippen molar-refractivity contribution in [3.63, 3.8) is 0 Å². The van der Waals surface area contributed by atoms with E-state index in [2.05, 4.69) is 0 Å². The van der Waals surface area contributed by atoms with Gasteiger partial charge in [-0.15, -0.1) is 12.8 Å². The Morgan fingerprint density at radius 1 is 0.800 bits per heavy atom. The SMILES string of the molecule is C#CC(Cl)(Cl)C(Cl)(Cl)C#C. The van der Waals surface area contributed by atoms with Crippen LogP contribution in [0, 0.1) is 24.7 Å². The largest absolute Gasteiger partial charge is 0.221 e. The number of hydrogen-bond donors (Lipinski definition) is 0. The second-order valence-corrected chi connectivity index (χ2v) is 4.09. The van der Waals surface area contributed by atoms with Crippen LogP contribution in [-0.4, -0.2) is 8.67 Å². The molecule has 0 aliphatic carbocycles. The van der Waals surface area contributed by atoms with Crippen molar-refractivity contribution in [3.05, 3.63) is 0 Å². The summed E-state index contributed by atoms with van der Waals surface area (Å²) in [5, 5.41) is 0. The van der Waals surface area contributed by atoms with E-state index in [1.165, 1.54) is 0 Å². The Bertz CT molecular complexity index is 179. The lowest BCUT2D eigenvalue weighted by atomic mass is 10.3. The maximum atomic E-state index is 5.44. The Hall–Kier alpha value is 0.280. The van der Waals surface area contributed by atoms with E-state index in [0.29, 0.717) is 0 Å². The first-order chi connectivity index (χ1) is 4.37. The van der Waals surface area contributed by atoms with Gasteiger partial charge in [0.25, 0.3) is 0 Å². The topological polar surface area (TPSA) is 0 Å². The van der Waals surface area contributed by atoms with Gasteiger partial charge in [-0.1, -0.05) is 58.2 Å². The van der Waals surface area contributed by atoms with Gasteiger partial charge in [-0.2, -0.15) is 0 Å². The first kappa shape index (κ1) is 10.3. The van der Waals surface area contributed by atoms with Crippen molar-refractivity contribution in [1.82, 2.24) is 0 Å². The van der Waals surface area contributed by atoms with Gasteiger partial charge in [0.1, 0.15) is 0 Å². The molecule has 0 saturated carbocycles. The third kappa shape index (κ3) is 1.88. The van der Waals surface area contributed by atoms with Gasteiger partial charge in [0, 0.05) is 0 Å². The fraction of sp³-hybridized carbons (Fsp3) is 0.333. The summed E-state index contributed by atoms with van der Waals surface area (Å²) in [5.41, 5.74) is 0. The van der Waals surface area contributed by atoms with Crippen LogP contribution in [0.25, 0.3) is 0 Å². The van der Waals surface area contributed by atoms with Crippen molar-refractivity contribution in [2.45, 2.75) is 8.67 Å². The Morgan fingerprint density at radius 3 is 1.10 bits per heavy atom. The molecule has 0 aromatic rings. The van der Waals surface area contributed by atoms with E-state index in [-0.39, 0.29) is 0 Å². The van der Waals surface area contributed by atoms with E-state index < -0.39 is 8.67 Å². The lowest BCUT2D eigenvalue weighted by Crippen LogP contribution is -2.32. The predicted octanol–water partition coefficient (Wildman–Crippen LogP) is 2.60. The summed E-state index contributed by atoms with van der Waals surface area (Å²) < 4.78 is -3.49. The summed E-state index contributed by atoms with van der Waals surface area (Å²) in [6.45, 7) is 0. The summed E-state index contributed by atoms with van der Waals surface area (Å²) in [6, 6.07) is 0. The van der Waals surface area contributed by atoms with E-state index in [1.54, 1.807) is 0 Å². The van der Waals surface area contributed by atoms with Crippen LogP contribution in [0.1, 0.15) is 0 Å². The van der Waals surface area contributed by atoms with Crippen LogP contribution in [0.4, 0.5) is 0 Å². The third-order valence-corrected chi connectivity index (χ3v) is 2.71. The molecule has 0 atom stereocenters. The van der Waals surface area contributed by atoms with E-state index in [0.717, 1.165) is 0 Å². The van der Waals surface area contributed by atoms with Crippen LogP contribution in [-0.2, 0) is 0 Å². The highest BCUT2D eigenvalue weighted by atomic mass is 35.5. The molecule has 0 nitrogen and oxygen atoms in total. The number of halogens is 4. The standard InChI is InChI=1S/C6H2Cl4/c1-3-5(7,8)6(9,10)4-2/h1-2H. The summed E-state index contributed by atoms with van der Waals surface area (Å²) in [7, 11) is 0. The number of rotatable bonds is 1. The molecule has 0 bridgehead atoms. The van der Waals surface area contributed by atoms with Gasteiger partial charge in [-0.25, -0.2) is 0 Å². The zero-order chi connectivity index (χ0) is 8.41. The number of terminal acetylenes is 2. The van der Waals surface area contributed by atoms with Crippen LogP contribution in [0.5, 0.6) is 0 Å². The zero-order valence-electron chi connectivity index (χ0n) is 4.67. The normalized spacial score (nSPS) is 11.8. The van der Waals surface area contributed by atoms with Crippen molar-refractivity contribution in [2.75, 3.05) is 0 Å². The van der Waals surface area contributed by atoms with Gasteiger partial charge < -0.3 is 0 Å². The van der Waals surface area contributed by atoms with E-state index in [4.69, 9.17) is 59.3 Å². The summed E-state index contributed by atoms with van der Waals surface area (Å²) in [6.07, 6.45) is 9.78. The van der Waals surface area contributed by atoms with Crippen LogP contribution >= 0.6 is 46.4 Å². The molecular weight excluding hydrogens is 214 g/mol.